The molecule has 2 heterocycles. The number of rotatable bonds is 24. The highest BCUT2D eigenvalue weighted by Gasteiger charge is 2.33. The van der Waals surface area contributed by atoms with Gasteiger partial charge in [0.2, 0.25) is 35.4 Å². The lowest BCUT2D eigenvalue weighted by atomic mass is 10.0. The number of benzene rings is 1. The molecule has 52 heavy (non-hydrogen) atoms. The molecule has 17 heteroatoms. The molecule has 0 aliphatic heterocycles. The maximum absolute atomic E-state index is 13.9. The number of aliphatic carboxylic acids is 1. The lowest BCUT2D eigenvalue weighted by Crippen LogP contribution is -2.59. The third kappa shape index (κ3) is 13.5. The number of unbranched alkanes of at least 4 members (excludes halogenated alkanes) is 6. The number of nitrogens with zero attached hydrogens (tertiary/aromatic N) is 1. The SMILES string of the molecule is CCCCCCCCCC(=O)NC(Cc1cnc[nH]1)C(=O)NC(Cc1c[nH]c2ccccc12)C(=O)NC(CC(N)=O)C(=O)NC(CC(=O)O)C(N)=O. The van der Waals surface area contributed by atoms with E-state index in [1.165, 1.54) is 18.9 Å². The van der Waals surface area contributed by atoms with Crippen molar-refractivity contribution in [1.82, 2.24) is 36.2 Å². The summed E-state index contributed by atoms with van der Waals surface area (Å²) in [6.45, 7) is 2.14. The van der Waals surface area contributed by atoms with Crippen molar-refractivity contribution in [2.45, 2.75) is 108 Å². The minimum absolute atomic E-state index is 0.0286. The van der Waals surface area contributed by atoms with Gasteiger partial charge in [-0.15, -0.1) is 0 Å². The van der Waals surface area contributed by atoms with E-state index in [2.05, 4.69) is 43.1 Å². The van der Waals surface area contributed by atoms with Gasteiger partial charge in [0, 0.05) is 48.3 Å². The molecule has 4 unspecified atom stereocenters. The quantitative estimate of drug-likeness (QED) is 0.0584. The van der Waals surface area contributed by atoms with Crippen LogP contribution in [0, 0.1) is 0 Å². The minimum atomic E-state index is -1.66. The molecule has 0 aliphatic rings. The number of H-pyrrole nitrogens is 2. The summed E-state index contributed by atoms with van der Waals surface area (Å²) in [6.07, 6.45) is 10.3. The van der Waals surface area contributed by atoms with Crippen LogP contribution in [0.25, 0.3) is 10.9 Å². The Bertz CT molecular complexity index is 1670. The average molecular weight is 724 g/mol. The Kier molecular flexibility index (Phi) is 16.3. The Labute approximate surface area is 300 Å². The molecule has 0 aliphatic carbocycles. The van der Waals surface area contributed by atoms with E-state index in [4.69, 9.17) is 16.6 Å². The number of hydrogen-bond acceptors (Lipinski definition) is 8. The maximum atomic E-state index is 13.9. The number of aromatic amines is 2. The number of aromatic nitrogens is 3. The van der Waals surface area contributed by atoms with Crippen LogP contribution in [0.5, 0.6) is 0 Å². The molecule has 0 fully saturated rings. The van der Waals surface area contributed by atoms with Gasteiger partial charge in [0.25, 0.3) is 0 Å². The molecule has 1 aromatic carbocycles. The Morgan fingerprint density at radius 2 is 1.37 bits per heavy atom. The van der Waals surface area contributed by atoms with E-state index in [1.54, 1.807) is 12.3 Å². The monoisotopic (exact) mass is 723 g/mol. The van der Waals surface area contributed by atoms with Gasteiger partial charge >= 0.3 is 5.97 Å². The summed E-state index contributed by atoms with van der Waals surface area (Å²) in [7, 11) is 0. The smallest absolute Gasteiger partial charge is 0.305 e. The van der Waals surface area contributed by atoms with Crippen LogP contribution in [0.1, 0.15) is 82.4 Å². The van der Waals surface area contributed by atoms with Crippen molar-refractivity contribution < 1.29 is 38.7 Å². The highest BCUT2D eigenvalue weighted by atomic mass is 16.4. The highest BCUT2D eigenvalue weighted by molar-refractivity contribution is 5.98. The Hall–Kier alpha value is -5.74. The van der Waals surface area contributed by atoms with Crippen LogP contribution in [0.4, 0.5) is 0 Å². The summed E-state index contributed by atoms with van der Waals surface area (Å²) >= 11 is 0. The third-order valence-corrected chi connectivity index (χ3v) is 8.45. The maximum Gasteiger partial charge on any atom is 0.305 e. The van der Waals surface area contributed by atoms with Crippen molar-refractivity contribution >= 4 is 52.3 Å². The van der Waals surface area contributed by atoms with Crippen LogP contribution in [-0.4, -0.2) is 85.6 Å². The zero-order chi connectivity index (χ0) is 38.0. The van der Waals surface area contributed by atoms with Gasteiger partial charge in [-0.05, 0) is 18.1 Å². The van der Waals surface area contributed by atoms with E-state index < -0.39 is 72.5 Å². The van der Waals surface area contributed by atoms with E-state index in [0.717, 1.165) is 43.0 Å². The van der Waals surface area contributed by atoms with E-state index in [-0.39, 0.29) is 25.2 Å². The highest BCUT2D eigenvalue weighted by Crippen LogP contribution is 2.19. The molecule has 0 saturated heterocycles. The van der Waals surface area contributed by atoms with E-state index in [1.807, 2.05) is 18.2 Å². The van der Waals surface area contributed by atoms with Gasteiger partial charge in [-0.3, -0.25) is 33.6 Å². The molecule has 0 saturated carbocycles. The van der Waals surface area contributed by atoms with Crippen molar-refractivity contribution in [1.29, 1.82) is 0 Å². The molecular weight excluding hydrogens is 674 g/mol. The third-order valence-electron chi connectivity index (χ3n) is 8.45. The van der Waals surface area contributed by atoms with Crippen LogP contribution in [-0.2, 0) is 46.4 Å². The number of carbonyl (C=O) groups is 7. The number of carboxylic acids is 1. The fourth-order valence-corrected chi connectivity index (χ4v) is 5.69. The Balaban J connectivity index is 1.83. The molecule has 6 amide bonds. The van der Waals surface area contributed by atoms with E-state index >= 15 is 0 Å². The fraction of sp³-hybridized carbons (Fsp3) is 0.486. The standard InChI is InChI=1S/C35H49N9O8/c1-2-3-4-5-6-7-8-13-30(46)41-27(15-22-19-38-20-40-22)34(51)43-26(14-21-18-39-24-12-10-9-11-23(21)24)33(50)44-28(16-29(36)45)35(52)42-25(32(37)49)17-31(47)48/h9-12,18-20,25-28,39H,2-8,13-17H2,1H3,(H2,36,45)(H2,37,49)(H,38,40)(H,41,46)(H,42,52)(H,43,51)(H,44,50)(H,47,48). The number of hydrogen-bond donors (Lipinski definition) is 9. The number of imidazole rings is 1. The predicted molar refractivity (Wildman–Crippen MR) is 190 cm³/mol. The second kappa shape index (κ2) is 20.8. The number of carboxylic acid groups (broad SMARTS) is 1. The van der Waals surface area contributed by atoms with Gasteiger partial charge in [-0.1, -0.05) is 63.6 Å². The fourth-order valence-electron chi connectivity index (χ4n) is 5.69. The first-order chi connectivity index (χ1) is 24.9. The van der Waals surface area contributed by atoms with Crippen molar-refractivity contribution in [3.8, 4) is 0 Å². The van der Waals surface area contributed by atoms with Crippen molar-refractivity contribution in [2.75, 3.05) is 0 Å². The van der Waals surface area contributed by atoms with Crippen LogP contribution >= 0.6 is 0 Å². The van der Waals surface area contributed by atoms with Gasteiger partial charge in [-0.25, -0.2) is 4.98 Å². The predicted octanol–water partition coefficient (Wildman–Crippen LogP) is 0.592. The molecule has 0 radical (unpaired) electrons. The lowest BCUT2D eigenvalue weighted by molar-refractivity contribution is -0.141. The molecular formula is C35H49N9O8. The largest absolute Gasteiger partial charge is 0.481 e. The molecule has 17 nitrogen and oxygen atoms in total. The molecule has 282 valence electrons. The number of fused-ring (bicyclic) bond motifs is 1. The van der Waals surface area contributed by atoms with Crippen molar-refractivity contribution in [3.05, 3.63) is 54.2 Å². The number of carbonyl (C=O) groups excluding carboxylic acids is 6. The molecule has 3 rings (SSSR count). The van der Waals surface area contributed by atoms with Gasteiger partial charge in [-0.2, -0.15) is 0 Å². The first-order valence-electron chi connectivity index (χ1n) is 17.4. The second-order valence-corrected chi connectivity index (χ2v) is 12.7. The molecule has 4 atom stereocenters. The van der Waals surface area contributed by atoms with Gasteiger partial charge in [0.05, 0.1) is 19.2 Å². The van der Waals surface area contributed by atoms with Crippen molar-refractivity contribution in [3.63, 3.8) is 0 Å². The summed E-state index contributed by atoms with van der Waals surface area (Å²) in [5.41, 5.74) is 12.5. The molecule has 11 N–H and O–H groups in total. The van der Waals surface area contributed by atoms with Crippen molar-refractivity contribution in [2.24, 2.45) is 11.5 Å². The number of amides is 6. The summed E-state index contributed by atoms with van der Waals surface area (Å²) < 4.78 is 0. The van der Waals surface area contributed by atoms with Crippen LogP contribution in [0.3, 0.4) is 0 Å². The molecule has 0 spiro atoms. The molecule has 3 aromatic rings. The number of para-hydroxylation sites is 1. The van der Waals surface area contributed by atoms with Crippen LogP contribution in [0.15, 0.2) is 43.0 Å². The average Bonchev–Trinajstić information content (AvgIpc) is 3.76. The number of primary amides is 2. The van der Waals surface area contributed by atoms with Gasteiger partial charge < -0.3 is 47.8 Å². The Morgan fingerprint density at radius 1 is 0.750 bits per heavy atom. The number of nitrogens with one attached hydrogen (secondary N) is 6. The lowest BCUT2D eigenvalue weighted by Gasteiger charge is -2.25. The molecule has 2 aromatic heterocycles. The molecule has 0 bridgehead atoms. The zero-order valence-corrected chi connectivity index (χ0v) is 29.2. The summed E-state index contributed by atoms with van der Waals surface area (Å²) in [5.74, 6) is -6.60. The van der Waals surface area contributed by atoms with Gasteiger partial charge in [0.15, 0.2) is 0 Å². The summed E-state index contributed by atoms with van der Waals surface area (Å²) in [4.78, 5) is 98.9. The van der Waals surface area contributed by atoms with E-state index in [0.29, 0.717) is 17.7 Å². The first kappa shape index (κ1) is 40.7. The van der Waals surface area contributed by atoms with E-state index in [9.17, 15) is 33.6 Å². The first-order valence-corrected chi connectivity index (χ1v) is 17.4. The van der Waals surface area contributed by atoms with Crippen LogP contribution in [0.2, 0.25) is 0 Å². The number of nitrogens with two attached hydrogens (primary N) is 2. The topological polar surface area (TPSA) is 284 Å². The second-order valence-electron chi connectivity index (χ2n) is 12.7. The van der Waals surface area contributed by atoms with Crippen LogP contribution < -0.4 is 32.7 Å². The summed E-state index contributed by atoms with van der Waals surface area (Å²) in [6, 6.07) is 1.48. The zero-order valence-electron chi connectivity index (χ0n) is 29.2. The normalized spacial score (nSPS) is 13.3. The summed E-state index contributed by atoms with van der Waals surface area (Å²) in [5, 5.41) is 19.9. The Morgan fingerprint density at radius 3 is 2.00 bits per heavy atom. The van der Waals surface area contributed by atoms with Gasteiger partial charge in [0.1, 0.15) is 24.2 Å². The minimum Gasteiger partial charge on any atom is -0.481 e.